The first kappa shape index (κ1) is 13.0. The minimum atomic E-state index is 0.629. The van der Waals surface area contributed by atoms with E-state index in [4.69, 9.17) is 16.3 Å². The number of carbonyl (C=O) groups excluding carboxylic acids is 1. The van der Waals surface area contributed by atoms with Crippen LogP contribution in [-0.4, -0.2) is 33.1 Å². The fraction of sp³-hybridized carbons (Fsp3) is 0.417. The SMILES string of the molecule is CCOCCN(C)c1cc(Cl)ccc1C=O. The zero-order valence-electron chi connectivity index (χ0n) is 9.57. The molecule has 0 atom stereocenters. The Morgan fingerprint density at radius 2 is 2.25 bits per heavy atom. The van der Waals surface area contributed by atoms with Gasteiger partial charge in [-0.1, -0.05) is 11.6 Å². The smallest absolute Gasteiger partial charge is 0.152 e. The summed E-state index contributed by atoms with van der Waals surface area (Å²) in [5.41, 5.74) is 1.48. The molecular weight excluding hydrogens is 226 g/mol. The Morgan fingerprint density at radius 1 is 1.50 bits per heavy atom. The number of rotatable bonds is 6. The Morgan fingerprint density at radius 3 is 2.88 bits per heavy atom. The average molecular weight is 242 g/mol. The quantitative estimate of drug-likeness (QED) is 0.567. The summed E-state index contributed by atoms with van der Waals surface area (Å²) in [5.74, 6) is 0. The molecule has 3 nitrogen and oxygen atoms in total. The van der Waals surface area contributed by atoms with Crippen LogP contribution in [0.2, 0.25) is 5.02 Å². The molecule has 0 bridgehead atoms. The zero-order chi connectivity index (χ0) is 12.0. The van der Waals surface area contributed by atoms with Crippen LogP contribution in [0.15, 0.2) is 18.2 Å². The lowest BCUT2D eigenvalue weighted by molar-refractivity contribution is 0.112. The molecule has 0 saturated heterocycles. The molecule has 0 N–H and O–H groups in total. The molecule has 0 spiro atoms. The van der Waals surface area contributed by atoms with Crippen molar-refractivity contribution in [3.8, 4) is 0 Å². The van der Waals surface area contributed by atoms with Gasteiger partial charge in [-0.05, 0) is 25.1 Å². The maximum absolute atomic E-state index is 10.9. The van der Waals surface area contributed by atoms with Crippen molar-refractivity contribution >= 4 is 23.6 Å². The van der Waals surface area contributed by atoms with Crippen LogP contribution in [0, 0.1) is 0 Å². The van der Waals surface area contributed by atoms with Crippen LogP contribution in [0.1, 0.15) is 17.3 Å². The van der Waals surface area contributed by atoms with Gasteiger partial charge in [-0.15, -0.1) is 0 Å². The van der Waals surface area contributed by atoms with Crippen LogP contribution < -0.4 is 4.90 Å². The molecule has 0 aliphatic carbocycles. The Hall–Kier alpha value is -1.06. The first-order valence-electron chi connectivity index (χ1n) is 5.22. The van der Waals surface area contributed by atoms with Gasteiger partial charge in [0.15, 0.2) is 6.29 Å². The summed E-state index contributed by atoms with van der Waals surface area (Å²) in [6.45, 7) is 4.02. The van der Waals surface area contributed by atoms with E-state index < -0.39 is 0 Å². The van der Waals surface area contributed by atoms with Gasteiger partial charge in [0.25, 0.3) is 0 Å². The monoisotopic (exact) mass is 241 g/mol. The first-order chi connectivity index (χ1) is 7.69. The molecule has 1 aromatic rings. The number of hydrogen-bond acceptors (Lipinski definition) is 3. The summed E-state index contributed by atoms with van der Waals surface area (Å²) in [7, 11) is 1.91. The van der Waals surface area contributed by atoms with Gasteiger partial charge in [-0.3, -0.25) is 4.79 Å². The average Bonchev–Trinajstić information content (AvgIpc) is 2.29. The highest BCUT2D eigenvalue weighted by atomic mass is 35.5. The lowest BCUT2D eigenvalue weighted by Crippen LogP contribution is -2.23. The number of carbonyl (C=O) groups is 1. The van der Waals surface area contributed by atoms with E-state index in [-0.39, 0.29) is 0 Å². The lowest BCUT2D eigenvalue weighted by atomic mass is 10.2. The highest BCUT2D eigenvalue weighted by Gasteiger charge is 2.07. The number of benzene rings is 1. The molecule has 0 radical (unpaired) electrons. The van der Waals surface area contributed by atoms with Gasteiger partial charge in [0.05, 0.1) is 6.61 Å². The molecule has 88 valence electrons. The van der Waals surface area contributed by atoms with Crippen LogP contribution in [0.25, 0.3) is 0 Å². The Labute approximate surface area is 101 Å². The van der Waals surface area contributed by atoms with E-state index in [1.165, 1.54) is 0 Å². The molecule has 0 aromatic heterocycles. The predicted octanol–water partition coefficient (Wildman–Crippen LogP) is 2.63. The molecule has 1 aromatic carbocycles. The molecular formula is C12H16ClNO2. The lowest BCUT2D eigenvalue weighted by Gasteiger charge is -2.20. The van der Waals surface area contributed by atoms with Gasteiger partial charge in [0, 0.05) is 36.5 Å². The minimum absolute atomic E-state index is 0.629. The van der Waals surface area contributed by atoms with Gasteiger partial charge in [0.1, 0.15) is 0 Å². The van der Waals surface area contributed by atoms with Crippen molar-refractivity contribution in [2.45, 2.75) is 6.92 Å². The number of likely N-dealkylation sites (N-methyl/N-ethyl adjacent to an activating group) is 1. The van der Waals surface area contributed by atoms with Crippen molar-refractivity contribution in [3.63, 3.8) is 0 Å². The maximum atomic E-state index is 10.9. The fourth-order valence-corrected chi connectivity index (χ4v) is 1.58. The van der Waals surface area contributed by atoms with E-state index in [9.17, 15) is 4.79 Å². The molecule has 0 heterocycles. The number of aldehydes is 1. The molecule has 0 unspecified atom stereocenters. The van der Waals surface area contributed by atoms with Crippen molar-refractivity contribution in [2.24, 2.45) is 0 Å². The summed E-state index contributed by atoms with van der Waals surface area (Å²) in [5, 5.41) is 0.629. The van der Waals surface area contributed by atoms with Crippen LogP contribution in [0.4, 0.5) is 5.69 Å². The third-order valence-electron chi connectivity index (χ3n) is 2.31. The third-order valence-corrected chi connectivity index (χ3v) is 2.54. The van der Waals surface area contributed by atoms with Crippen molar-refractivity contribution < 1.29 is 9.53 Å². The van der Waals surface area contributed by atoms with E-state index in [0.29, 0.717) is 23.8 Å². The second-order valence-electron chi connectivity index (χ2n) is 3.44. The van der Waals surface area contributed by atoms with Crippen LogP contribution in [0.5, 0.6) is 0 Å². The van der Waals surface area contributed by atoms with E-state index in [1.54, 1.807) is 18.2 Å². The summed E-state index contributed by atoms with van der Waals surface area (Å²) >= 11 is 5.91. The Bertz CT molecular complexity index is 355. The first-order valence-corrected chi connectivity index (χ1v) is 5.60. The van der Waals surface area contributed by atoms with Crippen molar-refractivity contribution in [1.29, 1.82) is 0 Å². The third kappa shape index (κ3) is 3.51. The normalized spacial score (nSPS) is 10.2. The number of anilines is 1. The van der Waals surface area contributed by atoms with Crippen molar-refractivity contribution in [2.75, 3.05) is 31.7 Å². The highest BCUT2D eigenvalue weighted by Crippen LogP contribution is 2.22. The van der Waals surface area contributed by atoms with Gasteiger partial charge in [-0.25, -0.2) is 0 Å². The molecule has 0 amide bonds. The van der Waals surface area contributed by atoms with Gasteiger partial charge in [-0.2, -0.15) is 0 Å². The summed E-state index contributed by atoms with van der Waals surface area (Å²) in [4.78, 5) is 12.8. The summed E-state index contributed by atoms with van der Waals surface area (Å²) in [6.07, 6.45) is 0.836. The highest BCUT2D eigenvalue weighted by molar-refractivity contribution is 6.31. The van der Waals surface area contributed by atoms with Gasteiger partial charge < -0.3 is 9.64 Å². The molecule has 0 aliphatic heterocycles. The van der Waals surface area contributed by atoms with Gasteiger partial charge in [0.2, 0.25) is 0 Å². The molecule has 0 aliphatic rings. The summed E-state index contributed by atoms with van der Waals surface area (Å²) < 4.78 is 5.27. The summed E-state index contributed by atoms with van der Waals surface area (Å²) in [6, 6.07) is 5.23. The number of hydrogen-bond donors (Lipinski definition) is 0. The van der Waals surface area contributed by atoms with Crippen molar-refractivity contribution in [1.82, 2.24) is 0 Å². The predicted molar refractivity (Wildman–Crippen MR) is 66.6 cm³/mol. The molecule has 16 heavy (non-hydrogen) atoms. The van der Waals surface area contributed by atoms with E-state index in [0.717, 1.165) is 18.5 Å². The van der Waals surface area contributed by atoms with E-state index >= 15 is 0 Å². The topological polar surface area (TPSA) is 29.5 Å². The van der Waals surface area contributed by atoms with Crippen LogP contribution in [0.3, 0.4) is 0 Å². The number of nitrogens with zero attached hydrogens (tertiary/aromatic N) is 1. The largest absolute Gasteiger partial charge is 0.380 e. The minimum Gasteiger partial charge on any atom is -0.380 e. The van der Waals surface area contributed by atoms with Crippen LogP contribution >= 0.6 is 11.6 Å². The molecule has 0 saturated carbocycles. The second kappa shape index (κ2) is 6.51. The van der Waals surface area contributed by atoms with Crippen LogP contribution in [-0.2, 0) is 4.74 Å². The van der Waals surface area contributed by atoms with Gasteiger partial charge >= 0.3 is 0 Å². The molecule has 1 rings (SSSR count). The number of halogens is 1. The Balaban J connectivity index is 2.76. The fourth-order valence-electron chi connectivity index (χ4n) is 1.41. The zero-order valence-corrected chi connectivity index (χ0v) is 10.3. The maximum Gasteiger partial charge on any atom is 0.152 e. The second-order valence-corrected chi connectivity index (χ2v) is 3.88. The van der Waals surface area contributed by atoms with E-state index in [1.807, 2.05) is 18.9 Å². The van der Waals surface area contributed by atoms with Crippen molar-refractivity contribution in [3.05, 3.63) is 28.8 Å². The number of ether oxygens (including phenoxy) is 1. The Kier molecular flexibility index (Phi) is 5.29. The van der Waals surface area contributed by atoms with E-state index in [2.05, 4.69) is 0 Å². The molecule has 0 fully saturated rings. The molecule has 4 heteroatoms. The standard InChI is InChI=1S/C12H16ClNO2/c1-3-16-7-6-14(2)12-8-11(13)5-4-10(12)9-15/h4-5,8-9H,3,6-7H2,1-2H3.